The second-order valence-electron chi connectivity index (χ2n) is 6.03. The number of halogens is 3. The van der Waals surface area contributed by atoms with E-state index in [-0.39, 0.29) is 17.9 Å². The van der Waals surface area contributed by atoms with Crippen molar-refractivity contribution in [2.75, 3.05) is 12.3 Å². The summed E-state index contributed by atoms with van der Waals surface area (Å²) in [5, 5.41) is 2.75. The Morgan fingerprint density at radius 2 is 1.76 bits per heavy atom. The smallest absolute Gasteiger partial charge is 0.399 e. The van der Waals surface area contributed by atoms with Crippen molar-refractivity contribution in [2.24, 2.45) is 0 Å². The fourth-order valence-electron chi connectivity index (χ4n) is 2.68. The van der Waals surface area contributed by atoms with Gasteiger partial charge in [0.25, 0.3) is 0 Å². The molecule has 0 bridgehead atoms. The zero-order valence-electron chi connectivity index (χ0n) is 13.9. The lowest BCUT2D eigenvalue weighted by Gasteiger charge is -2.18. The topological polar surface area (TPSA) is 55.1 Å². The maximum absolute atomic E-state index is 13.1. The first-order valence-electron chi connectivity index (χ1n) is 8.04. The predicted molar refractivity (Wildman–Crippen MR) is 92.0 cm³/mol. The molecule has 2 aromatic carbocycles. The Morgan fingerprint density at radius 3 is 2.40 bits per heavy atom. The van der Waals surface area contributed by atoms with Gasteiger partial charge >= 0.3 is 6.18 Å². The molecule has 0 heterocycles. The van der Waals surface area contributed by atoms with Crippen LogP contribution in [0.2, 0.25) is 0 Å². The van der Waals surface area contributed by atoms with Gasteiger partial charge in [-0.3, -0.25) is 4.79 Å². The minimum Gasteiger partial charge on any atom is -0.399 e. The first kappa shape index (κ1) is 18.8. The second kappa shape index (κ2) is 8.05. The number of hydrogen-bond acceptors (Lipinski definition) is 2. The fourth-order valence-corrected chi connectivity index (χ4v) is 2.68. The minimum absolute atomic E-state index is 0.00876. The maximum atomic E-state index is 13.1. The number of amides is 1. The van der Waals surface area contributed by atoms with E-state index < -0.39 is 17.7 Å². The van der Waals surface area contributed by atoms with Gasteiger partial charge in [0.2, 0.25) is 5.91 Å². The third-order valence-corrected chi connectivity index (χ3v) is 4.00. The zero-order chi connectivity index (χ0) is 18.4. The summed E-state index contributed by atoms with van der Waals surface area (Å²) in [6.07, 6.45) is -3.77. The van der Waals surface area contributed by atoms with Crippen LogP contribution in [0.3, 0.4) is 0 Å². The summed E-state index contributed by atoms with van der Waals surface area (Å²) >= 11 is 0. The summed E-state index contributed by atoms with van der Waals surface area (Å²) in [6, 6.07) is 12.7. The van der Waals surface area contributed by atoms with Crippen LogP contribution < -0.4 is 11.1 Å². The molecule has 0 spiro atoms. The highest BCUT2D eigenvalue weighted by Gasteiger charge is 2.34. The van der Waals surface area contributed by atoms with Crippen molar-refractivity contribution in [3.05, 3.63) is 65.2 Å². The van der Waals surface area contributed by atoms with Gasteiger partial charge in [0.1, 0.15) is 0 Å². The number of benzene rings is 2. The van der Waals surface area contributed by atoms with Crippen LogP contribution in [0.15, 0.2) is 48.5 Å². The number of nitrogens with one attached hydrogen (secondary N) is 1. The summed E-state index contributed by atoms with van der Waals surface area (Å²) < 4.78 is 39.2. The van der Waals surface area contributed by atoms with Crippen LogP contribution in [-0.2, 0) is 17.4 Å². The number of carbonyl (C=O) groups excluding carboxylic acids is 1. The molecule has 25 heavy (non-hydrogen) atoms. The molecule has 0 aliphatic carbocycles. The normalized spacial score (nSPS) is 12.6. The Bertz CT molecular complexity index is 711. The van der Waals surface area contributed by atoms with E-state index in [1.165, 1.54) is 12.1 Å². The van der Waals surface area contributed by atoms with Gasteiger partial charge in [-0.1, -0.05) is 37.3 Å². The van der Waals surface area contributed by atoms with E-state index in [0.717, 1.165) is 11.6 Å². The van der Waals surface area contributed by atoms with Gasteiger partial charge in [-0.25, -0.2) is 0 Å². The molecule has 0 aliphatic heterocycles. The van der Waals surface area contributed by atoms with Gasteiger partial charge in [0, 0.05) is 18.7 Å². The molecule has 2 rings (SSSR count). The Hall–Kier alpha value is -2.50. The molecule has 0 fully saturated rings. The average molecular weight is 350 g/mol. The lowest BCUT2D eigenvalue weighted by Crippen LogP contribution is -2.27. The van der Waals surface area contributed by atoms with Crippen molar-refractivity contribution in [3.63, 3.8) is 0 Å². The van der Waals surface area contributed by atoms with Crippen molar-refractivity contribution in [1.82, 2.24) is 5.32 Å². The number of carbonyl (C=O) groups is 1. The molecule has 0 aromatic heterocycles. The van der Waals surface area contributed by atoms with Crippen molar-refractivity contribution < 1.29 is 18.0 Å². The molecule has 0 radical (unpaired) electrons. The first-order valence-corrected chi connectivity index (χ1v) is 8.04. The highest BCUT2D eigenvalue weighted by atomic mass is 19.4. The minimum atomic E-state index is -4.42. The van der Waals surface area contributed by atoms with Crippen molar-refractivity contribution in [2.45, 2.75) is 31.9 Å². The van der Waals surface area contributed by atoms with Crippen molar-refractivity contribution >= 4 is 11.6 Å². The lowest BCUT2D eigenvalue weighted by molar-refractivity contribution is -0.138. The number of hydrogen-bond donors (Lipinski definition) is 2. The highest BCUT2D eigenvalue weighted by Crippen LogP contribution is 2.35. The zero-order valence-corrected chi connectivity index (χ0v) is 13.9. The molecule has 3 N–H and O–H groups in total. The number of nitrogen functional groups attached to an aromatic ring is 1. The molecule has 0 aliphatic rings. The predicted octanol–water partition coefficient (Wildman–Crippen LogP) is 4.14. The lowest BCUT2D eigenvalue weighted by atomic mass is 9.92. The van der Waals surface area contributed by atoms with E-state index in [4.69, 9.17) is 5.73 Å². The Balaban J connectivity index is 1.89. The Kier molecular flexibility index (Phi) is 6.07. The number of alkyl halides is 3. The summed E-state index contributed by atoms with van der Waals surface area (Å²) in [5.74, 6) is -0.783. The molecule has 1 amide bonds. The van der Waals surface area contributed by atoms with Crippen LogP contribution in [-0.4, -0.2) is 12.5 Å². The third-order valence-electron chi connectivity index (χ3n) is 4.00. The molecular weight excluding hydrogens is 329 g/mol. The second-order valence-corrected chi connectivity index (χ2v) is 6.03. The summed E-state index contributed by atoms with van der Waals surface area (Å²) in [5.41, 5.74) is 6.77. The molecule has 0 saturated heterocycles. The molecule has 0 saturated carbocycles. The molecule has 2 aromatic rings. The van der Waals surface area contributed by atoms with Gasteiger partial charge in [-0.2, -0.15) is 13.2 Å². The first-order chi connectivity index (χ1) is 11.8. The fraction of sp³-hybridized carbons (Fsp3) is 0.316. The van der Waals surface area contributed by atoms with E-state index in [0.29, 0.717) is 18.7 Å². The largest absolute Gasteiger partial charge is 0.416 e. The number of anilines is 1. The van der Waals surface area contributed by atoms with E-state index in [9.17, 15) is 18.0 Å². The van der Waals surface area contributed by atoms with Crippen LogP contribution in [0.1, 0.15) is 36.0 Å². The average Bonchev–Trinajstić information content (AvgIpc) is 2.56. The molecule has 6 heteroatoms. The van der Waals surface area contributed by atoms with Crippen molar-refractivity contribution in [1.29, 1.82) is 0 Å². The van der Waals surface area contributed by atoms with Crippen LogP contribution in [0.4, 0.5) is 18.9 Å². The third kappa shape index (κ3) is 5.52. The van der Waals surface area contributed by atoms with Crippen LogP contribution in [0.25, 0.3) is 0 Å². The Morgan fingerprint density at radius 1 is 1.12 bits per heavy atom. The van der Waals surface area contributed by atoms with Crippen LogP contribution in [0.5, 0.6) is 0 Å². The molecule has 134 valence electrons. The van der Waals surface area contributed by atoms with E-state index in [1.807, 2.05) is 12.1 Å². The van der Waals surface area contributed by atoms with Crippen molar-refractivity contribution in [3.8, 4) is 0 Å². The summed E-state index contributed by atoms with van der Waals surface area (Å²) in [4.78, 5) is 12.0. The van der Waals surface area contributed by atoms with Crippen LogP contribution >= 0.6 is 0 Å². The van der Waals surface area contributed by atoms with Gasteiger partial charge in [0.05, 0.1) is 5.56 Å². The molecule has 3 nitrogen and oxygen atoms in total. The van der Waals surface area contributed by atoms with Gasteiger partial charge in [0.15, 0.2) is 0 Å². The van der Waals surface area contributed by atoms with Gasteiger partial charge in [-0.15, -0.1) is 0 Å². The molecule has 1 unspecified atom stereocenters. The summed E-state index contributed by atoms with van der Waals surface area (Å²) in [7, 11) is 0. The van der Waals surface area contributed by atoms with E-state index in [1.54, 1.807) is 25.1 Å². The van der Waals surface area contributed by atoms with Crippen LogP contribution in [0, 0.1) is 0 Å². The van der Waals surface area contributed by atoms with Gasteiger partial charge in [-0.05, 0) is 41.7 Å². The Labute approximate surface area is 145 Å². The number of rotatable bonds is 6. The van der Waals surface area contributed by atoms with E-state index >= 15 is 0 Å². The highest BCUT2D eigenvalue weighted by molar-refractivity contribution is 5.76. The van der Waals surface area contributed by atoms with Gasteiger partial charge < -0.3 is 11.1 Å². The SMILES string of the molecule is CC(CC(=O)NCCc1ccc(N)cc1)c1ccccc1C(F)(F)F. The number of nitrogens with two attached hydrogens (primary N) is 1. The molecular formula is C19H21F3N2O. The molecule has 1 atom stereocenters. The quantitative estimate of drug-likeness (QED) is 0.770. The standard InChI is InChI=1S/C19H21F3N2O/c1-13(16-4-2-3-5-17(16)19(20,21)22)12-18(25)24-11-10-14-6-8-15(23)9-7-14/h2-9,13H,10-12,23H2,1H3,(H,24,25). The monoisotopic (exact) mass is 350 g/mol. The van der Waals surface area contributed by atoms with E-state index in [2.05, 4.69) is 5.32 Å². The summed E-state index contributed by atoms with van der Waals surface area (Å²) in [6.45, 7) is 2.06. The maximum Gasteiger partial charge on any atom is 0.416 e.